The first-order valence-electron chi connectivity index (χ1n) is 11.7. The van der Waals surface area contributed by atoms with Gasteiger partial charge in [-0.25, -0.2) is 0 Å². The molecule has 0 saturated heterocycles. The molecule has 7 atom stereocenters. The first-order valence-corrected chi connectivity index (χ1v) is 11.7. The molecule has 0 bridgehead atoms. The summed E-state index contributed by atoms with van der Waals surface area (Å²) in [6.07, 6.45) is 6.04. The van der Waals surface area contributed by atoms with E-state index in [-0.39, 0.29) is 65.9 Å². The molecule has 0 aromatic carbocycles. The Kier molecular flexibility index (Phi) is 7.71. The van der Waals surface area contributed by atoms with Gasteiger partial charge >= 0.3 is 35.5 Å². The van der Waals surface area contributed by atoms with Crippen LogP contribution in [0.3, 0.4) is 0 Å². The van der Waals surface area contributed by atoms with Gasteiger partial charge in [-0.2, -0.15) is 0 Å². The molecule has 4 rings (SSSR count). The molecule has 180 valence electrons. The van der Waals surface area contributed by atoms with E-state index in [1.807, 2.05) is 13.0 Å². The van der Waals surface area contributed by atoms with Gasteiger partial charge in [0.25, 0.3) is 0 Å². The number of Topliss-reactive ketones (excluding diaryl/α,β-unsaturated/α-hetero) is 1. The van der Waals surface area contributed by atoms with Crippen molar-refractivity contribution in [2.24, 2.45) is 28.6 Å². The Labute approximate surface area is 221 Å². The van der Waals surface area contributed by atoms with Crippen molar-refractivity contribution in [3.8, 4) is 0 Å². The zero-order valence-corrected chi connectivity index (χ0v) is 22.0. The van der Waals surface area contributed by atoms with Crippen LogP contribution in [0.2, 0.25) is 0 Å². The number of aliphatic hydroxyl groups is 2. The number of hydrogen-bond acceptors (Lipinski definition) is 8. The predicted octanol–water partition coefficient (Wildman–Crippen LogP) is -2.36. The summed E-state index contributed by atoms with van der Waals surface area (Å²) in [6.45, 7) is 3.26. The standard InChI is InChI=1S/C25H32O8.Na/c1-23-9-7-15(26)11-14(23)3-4-16-17-8-10-25(32,24(17,2)12-18(27)22(16)23)19(28)13-33-21(31)6-5-20(29)30;/h7,9,11,16-18,22,27,32H,3-6,8,10,12-13H2,1-2H3,(H,29,30);/q;+1/p-1/t16?,17?,18-,22?,23-,24-,25-;/m1./s1. The van der Waals surface area contributed by atoms with Crippen LogP contribution in [0.25, 0.3) is 0 Å². The topological polar surface area (TPSA) is 141 Å². The van der Waals surface area contributed by atoms with Crippen molar-refractivity contribution in [2.45, 2.75) is 70.5 Å². The molecule has 2 N–H and O–H groups in total. The zero-order valence-electron chi connectivity index (χ0n) is 20.0. The van der Waals surface area contributed by atoms with Gasteiger partial charge in [0.1, 0.15) is 5.60 Å². The minimum atomic E-state index is -1.74. The summed E-state index contributed by atoms with van der Waals surface area (Å²) in [5, 5.41) is 33.4. The van der Waals surface area contributed by atoms with E-state index < -0.39 is 59.7 Å². The Hall–Kier alpha value is -1.32. The summed E-state index contributed by atoms with van der Waals surface area (Å²) in [6, 6.07) is 0. The average Bonchev–Trinajstić information content (AvgIpc) is 3.02. The van der Waals surface area contributed by atoms with Crippen LogP contribution in [0.15, 0.2) is 23.8 Å². The smallest absolute Gasteiger partial charge is 0.550 e. The number of carboxylic acids is 1. The summed E-state index contributed by atoms with van der Waals surface area (Å²) >= 11 is 0. The Morgan fingerprint density at radius 2 is 1.91 bits per heavy atom. The quantitative estimate of drug-likeness (QED) is 0.317. The van der Waals surface area contributed by atoms with E-state index in [0.29, 0.717) is 6.42 Å². The van der Waals surface area contributed by atoms with Crippen molar-refractivity contribution in [1.82, 2.24) is 0 Å². The molecule has 34 heavy (non-hydrogen) atoms. The van der Waals surface area contributed by atoms with E-state index in [4.69, 9.17) is 4.74 Å². The van der Waals surface area contributed by atoms with Gasteiger partial charge in [-0.1, -0.05) is 25.5 Å². The molecule has 9 heteroatoms. The summed E-state index contributed by atoms with van der Waals surface area (Å²) in [7, 11) is 0. The molecular formula is C25H31NaO8. The Balaban J connectivity index is 0.00000324. The van der Waals surface area contributed by atoms with Gasteiger partial charge in [-0.05, 0) is 62.5 Å². The number of esters is 1. The van der Waals surface area contributed by atoms with Crippen LogP contribution < -0.4 is 34.7 Å². The van der Waals surface area contributed by atoms with E-state index in [0.717, 1.165) is 18.4 Å². The Bertz CT molecular complexity index is 957. The van der Waals surface area contributed by atoms with Crippen LogP contribution >= 0.6 is 0 Å². The second-order valence-electron chi connectivity index (χ2n) is 10.6. The van der Waals surface area contributed by atoms with Crippen molar-refractivity contribution < 1.29 is 68.8 Å². The van der Waals surface area contributed by atoms with Gasteiger partial charge in [0.2, 0.25) is 5.78 Å². The Morgan fingerprint density at radius 3 is 2.59 bits per heavy atom. The van der Waals surface area contributed by atoms with Gasteiger partial charge in [-0.15, -0.1) is 0 Å². The molecule has 0 spiro atoms. The third-order valence-electron chi connectivity index (χ3n) is 9.01. The van der Waals surface area contributed by atoms with Crippen LogP contribution in [0.4, 0.5) is 0 Å². The van der Waals surface area contributed by atoms with E-state index in [1.165, 1.54) is 0 Å². The third kappa shape index (κ3) is 4.26. The maximum Gasteiger partial charge on any atom is 1.00 e. The fourth-order valence-electron chi connectivity index (χ4n) is 7.33. The number of rotatable bonds is 6. The minimum Gasteiger partial charge on any atom is -0.550 e. The number of ether oxygens (including phenoxy) is 1. The largest absolute Gasteiger partial charge is 1.00 e. The van der Waals surface area contributed by atoms with Crippen LogP contribution in [0.5, 0.6) is 0 Å². The summed E-state index contributed by atoms with van der Waals surface area (Å²) in [4.78, 5) is 47.2. The van der Waals surface area contributed by atoms with Crippen LogP contribution in [-0.2, 0) is 23.9 Å². The number of carbonyl (C=O) groups excluding carboxylic acids is 4. The maximum atomic E-state index is 13.1. The van der Waals surface area contributed by atoms with Crippen LogP contribution in [-0.4, -0.2) is 52.0 Å². The van der Waals surface area contributed by atoms with Gasteiger partial charge < -0.3 is 24.9 Å². The predicted molar refractivity (Wildman–Crippen MR) is 113 cm³/mol. The number of carboxylic acid groups (broad SMARTS) is 1. The SMILES string of the molecule is C[C@@]12C=CC(=O)C=C1CCC1C2[C@H](O)C[C@]2(C)C1CC[C@@]2(O)C(=O)COC(=O)CCC(=O)[O-].[Na+]. The number of ketones is 2. The van der Waals surface area contributed by atoms with Crippen LogP contribution in [0, 0.1) is 28.6 Å². The molecule has 3 saturated carbocycles. The van der Waals surface area contributed by atoms with Crippen molar-refractivity contribution >= 4 is 23.5 Å². The molecule has 0 radical (unpaired) electrons. The number of hydrogen-bond donors (Lipinski definition) is 2. The number of carbonyl (C=O) groups is 4. The minimum absolute atomic E-state index is 0. The molecule has 0 aromatic rings. The number of fused-ring (bicyclic) bond motifs is 5. The van der Waals surface area contributed by atoms with E-state index in [9.17, 15) is 34.5 Å². The number of aliphatic carboxylic acids is 1. The fraction of sp³-hybridized carbons (Fsp3) is 0.680. The molecule has 4 aliphatic carbocycles. The van der Waals surface area contributed by atoms with Crippen molar-refractivity contribution in [1.29, 1.82) is 0 Å². The van der Waals surface area contributed by atoms with Crippen molar-refractivity contribution in [2.75, 3.05) is 6.61 Å². The second-order valence-corrected chi connectivity index (χ2v) is 10.6. The molecule has 0 heterocycles. The zero-order chi connectivity index (χ0) is 24.2. The van der Waals surface area contributed by atoms with Crippen molar-refractivity contribution in [3.05, 3.63) is 23.8 Å². The molecule has 8 nitrogen and oxygen atoms in total. The molecule has 3 fully saturated rings. The van der Waals surface area contributed by atoms with Crippen molar-refractivity contribution in [3.63, 3.8) is 0 Å². The van der Waals surface area contributed by atoms with Gasteiger partial charge in [0.05, 0.1) is 12.5 Å². The summed E-state index contributed by atoms with van der Waals surface area (Å²) in [5.74, 6) is -2.91. The first kappa shape index (κ1) is 27.3. The third-order valence-corrected chi connectivity index (χ3v) is 9.01. The van der Waals surface area contributed by atoms with Gasteiger partial charge in [0.15, 0.2) is 12.4 Å². The molecule has 0 aromatic heterocycles. The molecule has 0 amide bonds. The number of aliphatic hydroxyl groups excluding tert-OH is 1. The molecule has 0 aliphatic heterocycles. The molecule has 4 aliphatic rings. The molecule has 3 unspecified atom stereocenters. The fourth-order valence-corrected chi connectivity index (χ4v) is 7.33. The summed E-state index contributed by atoms with van der Waals surface area (Å²) < 4.78 is 4.94. The normalized spacial score (nSPS) is 40.2. The maximum absolute atomic E-state index is 13.1. The average molecular weight is 483 g/mol. The second kappa shape index (κ2) is 9.62. The van der Waals surface area contributed by atoms with Crippen LogP contribution in [0.1, 0.15) is 58.8 Å². The number of allylic oxidation sites excluding steroid dienone is 4. The van der Waals surface area contributed by atoms with E-state index in [1.54, 1.807) is 12.2 Å². The summed E-state index contributed by atoms with van der Waals surface area (Å²) in [5.41, 5.74) is -2.02. The Morgan fingerprint density at radius 1 is 1.21 bits per heavy atom. The molecular weight excluding hydrogens is 451 g/mol. The van der Waals surface area contributed by atoms with Gasteiger partial charge in [0, 0.05) is 22.7 Å². The van der Waals surface area contributed by atoms with E-state index >= 15 is 0 Å². The van der Waals surface area contributed by atoms with E-state index in [2.05, 4.69) is 6.92 Å². The van der Waals surface area contributed by atoms with Gasteiger partial charge in [-0.3, -0.25) is 14.4 Å². The first-order chi connectivity index (χ1) is 15.4. The monoisotopic (exact) mass is 482 g/mol.